The summed E-state index contributed by atoms with van der Waals surface area (Å²) in [5, 5.41) is 18.1. The number of nitriles is 1. The van der Waals surface area contributed by atoms with E-state index < -0.39 is 10.0 Å². The molecule has 2 rings (SSSR count). The summed E-state index contributed by atoms with van der Waals surface area (Å²) in [4.78, 5) is 0.243. The predicted octanol–water partition coefficient (Wildman–Crippen LogP) is 3.64. The molecule has 0 aliphatic rings. The summed E-state index contributed by atoms with van der Waals surface area (Å²) < 4.78 is 29.1. The lowest BCUT2D eigenvalue weighted by Crippen LogP contribution is -2.30. The molecule has 2 aromatic rings. The molecule has 28 heavy (non-hydrogen) atoms. The smallest absolute Gasteiger partial charge is 0.243 e. The first kappa shape index (κ1) is 22.4. The molecule has 152 valence electrons. The van der Waals surface area contributed by atoms with Crippen LogP contribution < -0.4 is 0 Å². The highest BCUT2D eigenvalue weighted by Crippen LogP contribution is 2.29. The van der Waals surface area contributed by atoms with Crippen molar-refractivity contribution in [2.45, 2.75) is 56.5 Å². The highest BCUT2D eigenvalue weighted by Gasteiger charge is 2.23. The van der Waals surface area contributed by atoms with Crippen LogP contribution in [-0.2, 0) is 16.6 Å². The normalized spacial score (nSPS) is 13.1. The highest BCUT2D eigenvalue weighted by molar-refractivity contribution is 8.00. The van der Waals surface area contributed by atoms with E-state index >= 15 is 0 Å². The molecule has 0 amide bonds. The minimum absolute atomic E-state index is 0.243. The molecule has 0 radical (unpaired) electrons. The van der Waals surface area contributed by atoms with Crippen LogP contribution in [-0.4, -0.2) is 45.8 Å². The number of nitrogens with zero attached hydrogens (tertiary/aromatic N) is 5. The van der Waals surface area contributed by atoms with Crippen LogP contribution in [0.25, 0.3) is 11.4 Å². The number of aromatic nitrogens is 3. The van der Waals surface area contributed by atoms with Gasteiger partial charge in [-0.25, -0.2) is 8.42 Å². The van der Waals surface area contributed by atoms with E-state index in [9.17, 15) is 8.42 Å². The summed E-state index contributed by atoms with van der Waals surface area (Å²) >= 11 is 1.35. The molecule has 0 aliphatic heterocycles. The molecule has 1 atom stereocenters. The van der Waals surface area contributed by atoms with Crippen molar-refractivity contribution in [1.29, 1.82) is 5.26 Å². The molecule has 0 aliphatic carbocycles. The largest absolute Gasteiger partial charge is 0.302 e. The highest BCUT2D eigenvalue weighted by atomic mass is 32.2. The lowest BCUT2D eigenvalue weighted by Gasteiger charge is -2.19. The fraction of sp³-hybridized carbons (Fsp3) is 0.526. The average molecular weight is 422 g/mol. The second-order valence-electron chi connectivity index (χ2n) is 6.82. The van der Waals surface area contributed by atoms with Gasteiger partial charge in [0.2, 0.25) is 10.0 Å². The van der Waals surface area contributed by atoms with Gasteiger partial charge in [-0.3, -0.25) is 0 Å². The fourth-order valence-electron chi connectivity index (χ4n) is 2.81. The van der Waals surface area contributed by atoms with Gasteiger partial charge in [0.25, 0.3) is 0 Å². The Bertz CT molecular complexity index is 943. The van der Waals surface area contributed by atoms with Crippen LogP contribution >= 0.6 is 11.8 Å². The van der Waals surface area contributed by atoms with Crippen LogP contribution in [0.5, 0.6) is 0 Å². The first-order chi connectivity index (χ1) is 13.2. The minimum atomic E-state index is -3.56. The average Bonchev–Trinajstić information content (AvgIpc) is 3.04. The molecule has 0 bridgehead atoms. The molecule has 7 nitrogen and oxygen atoms in total. The van der Waals surface area contributed by atoms with Crippen molar-refractivity contribution in [3.63, 3.8) is 0 Å². The van der Waals surface area contributed by atoms with E-state index in [0.29, 0.717) is 42.1 Å². The second kappa shape index (κ2) is 9.54. The lowest BCUT2D eigenvalue weighted by atomic mass is 10.2. The van der Waals surface area contributed by atoms with Crippen molar-refractivity contribution in [2.75, 3.05) is 13.1 Å². The third kappa shape index (κ3) is 4.93. The van der Waals surface area contributed by atoms with Gasteiger partial charge in [-0.1, -0.05) is 51.6 Å². The van der Waals surface area contributed by atoms with Gasteiger partial charge in [0.1, 0.15) is 0 Å². The van der Waals surface area contributed by atoms with Crippen LogP contribution in [0.4, 0.5) is 0 Å². The van der Waals surface area contributed by atoms with Crippen LogP contribution in [0.3, 0.4) is 0 Å². The number of thioether (sulfide) groups is 1. The third-order valence-electron chi connectivity index (χ3n) is 4.16. The topological polar surface area (TPSA) is 91.9 Å². The molecule has 0 saturated carbocycles. The van der Waals surface area contributed by atoms with Crippen molar-refractivity contribution in [3.05, 3.63) is 24.3 Å². The monoisotopic (exact) mass is 421 g/mol. The maximum absolute atomic E-state index is 12.9. The number of sulfonamides is 1. The van der Waals surface area contributed by atoms with E-state index in [1.165, 1.54) is 16.1 Å². The zero-order chi connectivity index (χ0) is 20.9. The molecule has 9 heteroatoms. The van der Waals surface area contributed by atoms with Gasteiger partial charge < -0.3 is 4.57 Å². The van der Waals surface area contributed by atoms with E-state index in [4.69, 9.17) is 5.26 Å². The van der Waals surface area contributed by atoms with Gasteiger partial charge >= 0.3 is 0 Å². The summed E-state index contributed by atoms with van der Waals surface area (Å²) in [6.07, 6.45) is 0. The number of rotatable bonds is 9. The van der Waals surface area contributed by atoms with Crippen LogP contribution in [0.2, 0.25) is 0 Å². The molecular weight excluding hydrogens is 394 g/mol. The molecule has 0 N–H and O–H groups in total. The first-order valence-corrected chi connectivity index (χ1v) is 11.7. The van der Waals surface area contributed by atoms with Crippen molar-refractivity contribution in [2.24, 2.45) is 5.92 Å². The molecule has 0 spiro atoms. The van der Waals surface area contributed by atoms with Crippen molar-refractivity contribution in [1.82, 2.24) is 19.1 Å². The Morgan fingerprint density at radius 3 is 2.46 bits per heavy atom. The van der Waals surface area contributed by atoms with Crippen molar-refractivity contribution in [3.8, 4) is 17.5 Å². The van der Waals surface area contributed by atoms with Gasteiger partial charge in [0.15, 0.2) is 11.0 Å². The number of hydrogen-bond acceptors (Lipinski definition) is 6. The van der Waals surface area contributed by atoms with Crippen LogP contribution in [0.15, 0.2) is 34.3 Å². The molecule has 1 aromatic carbocycles. The maximum Gasteiger partial charge on any atom is 0.243 e. The first-order valence-electron chi connectivity index (χ1n) is 9.34. The molecular formula is C19H27N5O2S2. The molecule has 1 unspecified atom stereocenters. The van der Waals surface area contributed by atoms with Crippen molar-refractivity contribution < 1.29 is 8.42 Å². The Balaban J connectivity index is 2.52. The maximum atomic E-state index is 12.9. The van der Waals surface area contributed by atoms with Gasteiger partial charge in [0.05, 0.1) is 16.2 Å². The summed E-state index contributed by atoms with van der Waals surface area (Å²) in [6.45, 7) is 11.2. The minimum Gasteiger partial charge on any atom is -0.302 e. The Morgan fingerprint density at radius 2 is 1.89 bits per heavy atom. The third-order valence-corrected chi connectivity index (χ3v) is 7.18. The van der Waals surface area contributed by atoms with E-state index in [1.807, 2.05) is 31.4 Å². The Hall–Kier alpha value is -1.89. The molecule has 0 fully saturated rings. The Kier molecular flexibility index (Phi) is 7.63. The number of hydrogen-bond donors (Lipinski definition) is 0. The molecule has 1 heterocycles. The van der Waals surface area contributed by atoms with Gasteiger partial charge in [-0.15, -0.1) is 10.2 Å². The summed E-state index contributed by atoms with van der Waals surface area (Å²) in [6, 6.07) is 9.01. The molecule has 0 saturated heterocycles. The van der Waals surface area contributed by atoms with E-state index in [0.717, 1.165) is 0 Å². The Morgan fingerprint density at radius 1 is 1.21 bits per heavy atom. The van der Waals surface area contributed by atoms with E-state index in [1.54, 1.807) is 18.2 Å². The fourth-order valence-corrected chi connectivity index (χ4v) is 5.06. The summed E-state index contributed by atoms with van der Waals surface area (Å²) in [5.41, 5.74) is 0.692. The summed E-state index contributed by atoms with van der Waals surface area (Å²) in [7, 11) is -3.56. The van der Waals surface area contributed by atoms with Gasteiger partial charge in [0, 0.05) is 25.2 Å². The second-order valence-corrected chi connectivity index (χ2v) is 10.1. The van der Waals surface area contributed by atoms with Gasteiger partial charge in [-0.2, -0.15) is 9.57 Å². The standard InChI is InChI=1S/C19H27N5O2S2/c1-6-23(7-2)28(25,26)17-10-8-9-16(11-17)18-21-22-19(27-15(5)12-20)24(18)13-14(3)4/h8-11,14-15H,6-7,13H2,1-5H3. The zero-order valence-corrected chi connectivity index (χ0v) is 18.6. The summed E-state index contributed by atoms with van der Waals surface area (Å²) in [5.74, 6) is 0.951. The SMILES string of the molecule is CCN(CC)S(=O)(=O)c1cccc(-c2nnc(SC(C)C#N)n2CC(C)C)c1. The predicted molar refractivity (Wildman–Crippen MR) is 111 cm³/mol. The van der Waals surface area contributed by atoms with Crippen molar-refractivity contribution >= 4 is 21.8 Å². The lowest BCUT2D eigenvalue weighted by molar-refractivity contribution is 0.445. The van der Waals surface area contributed by atoms with Crippen LogP contribution in [0.1, 0.15) is 34.6 Å². The van der Waals surface area contributed by atoms with E-state index in [2.05, 4.69) is 30.1 Å². The number of benzene rings is 1. The van der Waals surface area contributed by atoms with Crippen LogP contribution in [0, 0.1) is 17.2 Å². The molecule has 1 aromatic heterocycles. The Labute approximate surface area is 171 Å². The van der Waals surface area contributed by atoms with Gasteiger partial charge in [-0.05, 0) is 25.0 Å². The quantitative estimate of drug-likeness (QED) is 0.574. The zero-order valence-electron chi connectivity index (χ0n) is 17.0. The van der Waals surface area contributed by atoms with E-state index in [-0.39, 0.29) is 10.1 Å².